The number of hydrazone groups is 1. The SMILES string of the molecule is Cc1cc(I)ccc1NC(=O)CCC(=O)N/N=C/c1ccc([N+](=O)[O-])cc1. The van der Waals surface area contributed by atoms with Crippen molar-refractivity contribution in [3.63, 3.8) is 0 Å². The van der Waals surface area contributed by atoms with E-state index in [0.29, 0.717) is 5.56 Å². The van der Waals surface area contributed by atoms with Crippen LogP contribution < -0.4 is 10.7 Å². The molecular formula is C18H17IN4O4. The van der Waals surface area contributed by atoms with Crippen LogP contribution in [0.3, 0.4) is 0 Å². The van der Waals surface area contributed by atoms with Gasteiger partial charge in [-0.05, 0) is 71.0 Å². The number of carbonyl (C=O) groups is 2. The van der Waals surface area contributed by atoms with E-state index < -0.39 is 10.8 Å². The molecule has 0 spiro atoms. The number of non-ortho nitro benzene ring substituents is 1. The minimum atomic E-state index is -0.495. The molecule has 0 aliphatic carbocycles. The fraction of sp³-hybridized carbons (Fsp3) is 0.167. The van der Waals surface area contributed by atoms with Crippen molar-refractivity contribution in [2.75, 3.05) is 5.32 Å². The van der Waals surface area contributed by atoms with Crippen molar-refractivity contribution in [2.24, 2.45) is 5.10 Å². The van der Waals surface area contributed by atoms with E-state index in [1.54, 1.807) is 0 Å². The second-order valence-electron chi connectivity index (χ2n) is 5.65. The molecule has 2 amide bonds. The number of aryl methyl sites for hydroxylation is 1. The molecule has 2 N–H and O–H groups in total. The molecule has 0 atom stereocenters. The third-order valence-corrected chi connectivity index (χ3v) is 4.22. The molecule has 0 unspecified atom stereocenters. The molecule has 0 bridgehead atoms. The summed E-state index contributed by atoms with van der Waals surface area (Å²) in [5, 5.41) is 17.1. The first kappa shape index (κ1) is 20.5. The Morgan fingerprint density at radius 3 is 2.44 bits per heavy atom. The van der Waals surface area contributed by atoms with E-state index in [0.717, 1.165) is 14.8 Å². The summed E-state index contributed by atoms with van der Waals surface area (Å²) in [4.78, 5) is 33.8. The van der Waals surface area contributed by atoms with Gasteiger partial charge in [0.1, 0.15) is 0 Å². The first-order chi connectivity index (χ1) is 12.8. The summed E-state index contributed by atoms with van der Waals surface area (Å²) < 4.78 is 1.08. The summed E-state index contributed by atoms with van der Waals surface area (Å²) in [6.45, 7) is 1.90. The molecule has 0 saturated carbocycles. The van der Waals surface area contributed by atoms with E-state index in [1.165, 1.54) is 30.5 Å². The molecule has 2 aromatic carbocycles. The van der Waals surface area contributed by atoms with Crippen molar-refractivity contribution >= 4 is 52.0 Å². The average molecular weight is 480 g/mol. The van der Waals surface area contributed by atoms with Gasteiger partial charge in [-0.15, -0.1) is 0 Å². The molecule has 140 valence electrons. The van der Waals surface area contributed by atoms with Crippen LogP contribution in [0.15, 0.2) is 47.6 Å². The van der Waals surface area contributed by atoms with Gasteiger partial charge < -0.3 is 5.32 Å². The molecule has 27 heavy (non-hydrogen) atoms. The van der Waals surface area contributed by atoms with Crippen LogP contribution in [0.5, 0.6) is 0 Å². The van der Waals surface area contributed by atoms with Gasteiger partial charge in [-0.2, -0.15) is 5.10 Å². The highest BCUT2D eigenvalue weighted by Gasteiger charge is 2.08. The maximum Gasteiger partial charge on any atom is 0.269 e. The van der Waals surface area contributed by atoms with Crippen LogP contribution in [0.1, 0.15) is 24.0 Å². The lowest BCUT2D eigenvalue weighted by molar-refractivity contribution is -0.384. The third-order valence-electron chi connectivity index (χ3n) is 3.55. The van der Waals surface area contributed by atoms with Gasteiger partial charge in [0.15, 0.2) is 0 Å². The van der Waals surface area contributed by atoms with Gasteiger partial charge in [0.05, 0.1) is 11.1 Å². The van der Waals surface area contributed by atoms with E-state index >= 15 is 0 Å². The third kappa shape index (κ3) is 6.77. The minimum Gasteiger partial charge on any atom is -0.326 e. The van der Waals surface area contributed by atoms with Crippen molar-refractivity contribution in [2.45, 2.75) is 19.8 Å². The smallest absolute Gasteiger partial charge is 0.269 e. The van der Waals surface area contributed by atoms with Crippen molar-refractivity contribution in [1.29, 1.82) is 0 Å². The lowest BCUT2D eigenvalue weighted by atomic mass is 10.2. The average Bonchev–Trinajstić information content (AvgIpc) is 2.63. The Balaban J connectivity index is 1.76. The van der Waals surface area contributed by atoms with Crippen LogP contribution in [0.2, 0.25) is 0 Å². The summed E-state index contributed by atoms with van der Waals surface area (Å²) in [5.74, 6) is -0.656. The van der Waals surface area contributed by atoms with Gasteiger partial charge >= 0.3 is 0 Å². The molecule has 0 radical (unpaired) electrons. The van der Waals surface area contributed by atoms with Gasteiger partial charge in [0, 0.05) is 34.2 Å². The lowest BCUT2D eigenvalue weighted by Crippen LogP contribution is -2.20. The van der Waals surface area contributed by atoms with E-state index in [1.807, 2.05) is 25.1 Å². The molecule has 0 heterocycles. The van der Waals surface area contributed by atoms with E-state index in [9.17, 15) is 19.7 Å². The van der Waals surface area contributed by atoms with Crippen LogP contribution in [-0.4, -0.2) is 23.0 Å². The number of nitro groups is 1. The first-order valence-electron chi connectivity index (χ1n) is 7.97. The second-order valence-corrected chi connectivity index (χ2v) is 6.89. The second kappa shape index (κ2) is 9.76. The Bertz CT molecular complexity index is 881. The van der Waals surface area contributed by atoms with E-state index in [2.05, 4.69) is 38.4 Å². The highest BCUT2D eigenvalue weighted by Crippen LogP contribution is 2.18. The zero-order valence-corrected chi connectivity index (χ0v) is 16.6. The fourth-order valence-electron chi connectivity index (χ4n) is 2.12. The molecule has 0 fully saturated rings. The monoisotopic (exact) mass is 480 g/mol. The van der Waals surface area contributed by atoms with Crippen LogP contribution in [-0.2, 0) is 9.59 Å². The Morgan fingerprint density at radius 2 is 1.81 bits per heavy atom. The van der Waals surface area contributed by atoms with Gasteiger partial charge in [0.25, 0.3) is 5.69 Å². The van der Waals surface area contributed by atoms with Gasteiger partial charge in [-0.1, -0.05) is 0 Å². The number of rotatable bonds is 7. The molecular weight excluding hydrogens is 463 g/mol. The predicted octanol–water partition coefficient (Wildman–Crippen LogP) is 3.38. The van der Waals surface area contributed by atoms with Crippen LogP contribution >= 0.6 is 22.6 Å². The topological polar surface area (TPSA) is 114 Å². The maximum atomic E-state index is 11.9. The Morgan fingerprint density at radius 1 is 1.15 bits per heavy atom. The van der Waals surface area contributed by atoms with Crippen molar-refractivity contribution in [3.05, 3.63) is 67.3 Å². The number of anilines is 1. The number of benzene rings is 2. The van der Waals surface area contributed by atoms with Crippen molar-refractivity contribution < 1.29 is 14.5 Å². The molecule has 0 saturated heterocycles. The van der Waals surface area contributed by atoms with Crippen LogP contribution in [0.4, 0.5) is 11.4 Å². The van der Waals surface area contributed by atoms with Crippen LogP contribution in [0.25, 0.3) is 0 Å². The molecule has 8 nitrogen and oxygen atoms in total. The number of amides is 2. The molecule has 2 rings (SSSR count). The molecule has 0 aliphatic rings. The van der Waals surface area contributed by atoms with Gasteiger partial charge in [-0.3, -0.25) is 19.7 Å². The van der Waals surface area contributed by atoms with E-state index in [4.69, 9.17) is 0 Å². The molecule has 0 aromatic heterocycles. The zero-order chi connectivity index (χ0) is 19.8. The van der Waals surface area contributed by atoms with Crippen molar-refractivity contribution in [1.82, 2.24) is 5.43 Å². The number of halogens is 1. The van der Waals surface area contributed by atoms with Crippen molar-refractivity contribution in [3.8, 4) is 0 Å². The van der Waals surface area contributed by atoms with Gasteiger partial charge in [-0.25, -0.2) is 5.43 Å². The summed E-state index contributed by atoms with van der Waals surface area (Å²) >= 11 is 2.19. The van der Waals surface area contributed by atoms with E-state index in [-0.39, 0.29) is 24.4 Å². The normalized spacial score (nSPS) is 10.6. The minimum absolute atomic E-state index is 0.00709. The molecule has 9 heteroatoms. The standard InChI is InChI=1S/C18H17IN4O4/c1-12-10-14(19)4-7-16(12)21-17(24)8-9-18(25)22-20-11-13-2-5-15(6-3-13)23(26)27/h2-7,10-11H,8-9H2,1H3,(H,21,24)(H,22,25)/b20-11+. The summed E-state index contributed by atoms with van der Waals surface area (Å²) in [7, 11) is 0. The summed E-state index contributed by atoms with van der Waals surface area (Å²) in [5.41, 5.74) is 4.57. The lowest BCUT2D eigenvalue weighted by Gasteiger charge is -2.08. The number of hydrogen-bond acceptors (Lipinski definition) is 5. The number of nitro benzene ring substituents is 1. The predicted molar refractivity (Wildman–Crippen MR) is 111 cm³/mol. The zero-order valence-electron chi connectivity index (χ0n) is 14.4. The highest BCUT2D eigenvalue weighted by molar-refractivity contribution is 14.1. The largest absolute Gasteiger partial charge is 0.326 e. The Hall–Kier alpha value is -2.82. The maximum absolute atomic E-state index is 11.9. The van der Waals surface area contributed by atoms with Crippen LogP contribution in [0, 0.1) is 20.6 Å². The number of nitrogens with one attached hydrogen (secondary N) is 2. The quantitative estimate of drug-likeness (QED) is 0.274. The molecule has 2 aromatic rings. The number of hydrogen-bond donors (Lipinski definition) is 2. The highest BCUT2D eigenvalue weighted by atomic mass is 127. The Kier molecular flexibility index (Phi) is 7.41. The first-order valence-corrected chi connectivity index (χ1v) is 9.05. The summed E-state index contributed by atoms with van der Waals surface area (Å²) in [6, 6.07) is 11.4. The number of nitrogens with zero attached hydrogens (tertiary/aromatic N) is 2. The summed E-state index contributed by atoms with van der Waals surface area (Å²) in [6.07, 6.45) is 1.40. The Labute approximate surface area is 169 Å². The number of carbonyl (C=O) groups excluding carboxylic acids is 2. The molecule has 0 aliphatic heterocycles. The van der Waals surface area contributed by atoms with Gasteiger partial charge in [0.2, 0.25) is 11.8 Å². The fourth-order valence-corrected chi connectivity index (χ4v) is 2.77.